The van der Waals surface area contributed by atoms with E-state index in [4.69, 9.17) is 9.26 Å². The third-order valence-corrected chi connectivity index (χ3v) is 3.21. The van der Waals surface area contributed by atoms with Crippen LogP contribution in [-0.2, 0) is 6.54 Å². The maximum Gasteiger partial charge on any atom is 0.223 e. The molecule has 1 heterocycles. The van der Waals surface area contributed by atoms with Gasteiger partial charge in [-0.25, -0.2) is 0 Å². The van der Waals surface area contributed by atoms with Crippen molar-refractivity contribution < 1.29 is 9.26 Å². The zero-order valence-corrected chi connectivity index (χ0v) is 13.7. The molecule has 124 valence electrons. The van der Waals surface area contributed by atoms with E-state index in [-0.39, 0.29) is 6.10 Å². The number of hydrogen-bond donors (Lipinski definition) is 2. The van der Waals surface area contributed by atoms with Crippen LogP contribution in [0.3, 0.4) is 0 Å². The first kappa shape index (κ1) is 16.8. The fourth-order valence-corrected chi connectivity index (χ4v) is 1.97. The van der Waals surface area contributed by atoms with Crippen molar-refractivity contribution >= 4 is 5.96 Å². The number of benzene rings is 1. The molecular weight excluding hydrogens is 294 g/mol. The first-order valence-electron chi connectivity index (χ1n) is 7.66. The van der Waals surface area contributed by atoms with Crippen molar-refractivity contribution in [2.75, 3.05) is 13.6 Å². The Hall–Kier alpha value is -2.57. The third-order valence-electron chi connectivity index (χ3n) is 3.21. The van der Waals surface area contributed by atoms with Gasteiger partial charge in [0.2, 0.25) is 5.89 Å². The molecule has 1 aromatic heterocycles. The van der Waals surface area contributed by atoms with E-state index in [0.717, 1.165) is 12.2 Å². The van der Waals surface area contributed by atoms with Crippen LogP contribution in [0.25, 0.3) is 0 Å². The van der Waals surface area contributed by atoms with Gasteiger partial charge in [0.25, 0.3) is 0 Å². The van der Waals surface area contributed by atoms with E-state index in [0.29, 0.717) is 30.8 Å². The van der Waals surface area contributed by atoms with Crippen LogP contribution in [0.1, 0.15) is 25.1 Å². The molecule has 23 heavy (non-hydrogen) atoms. The number of ether oxygens (including phenoxy) is 1. The highest BCUT2D eigenvalue weighted by Gasteiger charge is 2.10. The van der Waals surface area contributed by atoms with Gasteiger partial charge in [-0.2, -0.15) is 4.98 Å². The highest BCUT2D eigenvalue weighted by Crippen LogP contribution is 2.11. The first-order valence-corrected chi connectivity index (χ1v) is 7.66. The number of aryl methyl sites for hydroxylation is 1. The molecule has 0 unspecified atom stereocenters. The van der Waals surface area contributed by atoms with Crippen LogP contribution >= 0.6 is 0 Å². The van der Waals surface area contributed by atoms with E-state index >= 15 is 0 Å². The molecular formula is C16H23N5O2. The minimum atomic E-state index is 0.0587. The van der Waals surface area contributed by atoms with Crippen LogP contribution in [-0.4, -0.2) is 35.8 Å². The number of rotatable bonds is 7. The standard InChI is InChI=1S/C16H23N5O2/c1-4-13(22-14-8-6-5-7-9-14)10-18-16(17-3)19-11-15-20-12(2)23-21-15/h5-9,13H,4,10-11H2,1-3H3,(H2,17,18,19)/t13-/m1/s1. The fourth-order valence-electron chi connectivity index (χ4n) is 1.97. The molecule has 0 aliphatic rings. The SMILES string of the molecule is CC[C@H](CNC(=NC)NCc1noc(C)n1)Oc1ccccc1. The molecule has 2 aromatic rings. The Morgan fingerprint density at radius 3 is 2.70 bits per heavy atom. The number of nitrogens with one attached hydrogen (secondary N) is 2. The van der Waals surface area contributed by atoms with Crippen LogP contribution in [0.15, 0.2) is 39.8 Å². The number of para-hydroxylation sites is 1. The second-order valence-electron chi connectivity index (χ2n) is 5.00. The van der Waals surface area contributed by atoms with Crippen LogP contribution < -0.4 is 15.4 Å². The van der Waals surface area contributed by atoms with Crippen molar-refractivity contribution in [2.24, 2.45) is 4.99 Å². The molecule has 7 heteroatoms. The minimum Gasteiger partial charge on any atom is -0.489 e. The molecule has 0 bridgehead atoms. The summed E-state index contributed by atoms with van der Waals surface area (Å²) in [6.45, 7) is 4.95. The second kappa shape index (κ2) is 8.77. The van der Waals surface area contributed by atoms with Crippen molar-refractivity contribution in [3.05, 3.63) is 42.0 Å². The average molecular weight is 317 g/mol. The van der Waals surface area contributed by atoms with Crippen molar-refractivity contribution in [2.45, 2.75) is 32.9 Å². The third kappa shape index (κ3) is 5.61. The molecule has 0 amide bonds. The van der Waals surface area contributed by atoms with Crippen LogP contribution in [0.2, 0.25) is 0 Å². The van der Waals surface area contributed by atoms with Gasteiger partial charge >= 0.3 is 0 Å². The number of aliphatic imine (C=N–C) groups is 1. The largest absolute Gasteiger partial charge is 0.489 e. The summed E-state index contributed by atoms with van der Waals surface area (Å²) >= 11 is 0. The molecule has 2 rings (SSSR count). The quantitative estimate of drug-likeness (QED) is 0.599. The molecule has 0 saturated heterocycles. The van der Waals surface area contributed by atoms with Gasteiger partial charge in [-0.05, 0) is 18.6 Å². The number of nitrogens with zero attached hydrogens (tertiary/aromatic N) is 3. The lowest BCUT2D eigenvalue weighted by molar-refractivity contribution is 0.199. The topological polar surface area (TPSA) is 84.6 Å². The summed E-state index contributed by atoms with van der Waals surface area (Å²) < 4.78 is 10.9. The second-order valence-corrected chi connectivity index (χ2v) is 5.00. The summed E-state index contributed by atoms with van der Waals surface area (Å²) in [4.78, 5) is 8.31. The van der Waals surface area contributed by atoms with E-state index in [1.54, 1.807) is 14.0 Å². The van der Waals surface area contributed by atoms with Gasteiger partial charge in [-0.15, -0.1) is 0 Å². The van der Waals surface area contributed by atoms with E-state index < -0.39 is 0 Å². The Morgan fingerprint density at radius 1 is 1.30 bits per heavy atom. The van der Waals surface area contributed by atoms with Crippen molar-refractivity contribution in [1.29, 1.82) is 0 Å². The van der Waals surface area contributed by atoms with E-state index in [1.165, 1.54) is 0 Å². The maximum absolute atomic E-state index is 5.94. The van der Waals surface area contributed by atoms with Crippen molar-refractivity contribution in [3.63, 3.8) is 0 Å². The molecule has 0 radical (unpaired) electrons. The van der Waals surface area contributed by atoms with E-state index in [1.807, 2.05) is 30.3 Å². The highest BCUT2D eigenvalue weighted by molar-refractivity contribution is 5.79. The fraction of sp³-hybridized carbons (Fsp3) is 0.438. The Kier molecular flexibility index (Phi) is 6.40. The van der Waals surface area contributed by atoms with Gasteiger partial charge in [0.05, 0.1) is 13.1 Å². The lowest BCUT2D eigenvalue weighted by Gasteiger charge is -2.19. The van der Waals surface area contributed by atoms with E-state index in [2.05, 4.69) is 32.7 Å². The molecule has 1 aromatic carbocycles. The van der Waals surface area contributed by atoms with E-state index in [9.17, 15) is 0 Å². The molecule has 7 nitrogen and oxygen atoms in total. The molecule has 0 spiro atoms. The molecule has 1 atom stereocenters. The summed E-state index contributed by atoms with van der Waals surface area (Å²) in [5.74, 6) is 2.68. The predicted octanol–water partition coefficient (Wildman–Crippen LogP) is 1.90. The minimum absolute atomic E-state index is 0.0587. The molecule has 0 aliphatic carbocycles. The zero-order valence-electron chi connectivity index (χ0n) is 13.7. The van der Waals surface area contributed by atoms with Crippen LogP contribution in [0.4, 0.5) is 0 Å². The molecule has 0 saturated carbocycles. The Bertz CT molecular complexity index is 612. The smallest absolute Gasteiger partial charge is 0.223 e. The molecule has 0 aliphatic heterocycles. The van der Waals surface area contributed by atoms with Gasteiger partial charge in [0.1, 0.15) is 11.9 Å². The normalized spacial score (nSPS) is 12.7. The summed E-state index contributed by atoms with van der Waals surface area (Å²) in [5.41, 5.74) is 0. The summed E-state index contributed by atoms with van der Waals surface area (Å²) in [6.07, 6.45) is 0.950. The average Bonchev–Trinajstić information content (AvgIpc) is 3.00. The number of guanidine groups is 1. The Labute approximate surface area is 136 Å². The van der Waals surface area contributed by atoms with Crippen molar-refractivity contribution in [3.8, 4) is 5.75 Å². The molecule has 0 fully saturated rings. The van der Waals surface area contributed by atoms with Crippen LogP contribution in [0, 0.1) is 6.92 Å². The summed E-state index contributed by atoms with van der Waals surface area (Å²) in [5, 5.41) is 10.2. The molecule has 2 N–H and O–H groups in total. The summed E-state index contributed by atoms with van der Waals surface area (Å²) in [7, 11) is 1.72. The zero-order chi connectivity index (χ0) is 16.5. The van der Waals surface area contributed by atoms with Gasteiger partial charge in [-0.1, -0.05) is 30.3 Å². The lowest BCUT2D eigenvalue weighted by atomic mass is 10.2. The summed E-state index contributed by atoms with van der Waals surface area (Å²) in [6, 6.07) is 9.80. The predicted molar refractivity (Wildman–Crippen MR) is 88.4 cm³/mol. The van der Waals surface area contributed by atoms with Gasteiger partial charge in [0, 0.05) is 14.0 Å². The highest BCUT2D eigenvalue weighted by atomic mass is 16.5. The maximum atomic E-state index is 5.94. The lowest BCUT2D eigenvalue weighted by Crippen LogP contribution is -2.42. The number of aromatic nitrogens is 2. The van der Waals surface area contributed by atoms with Gasteiger partial charge in [-0.3, -0.25) is 4.99 Å². The first-order chi connectivity index (χ1) is 11.2. The van der Waals surface area contributed by atoms with Crippen molar-refractivity contribution in [1.82, 2.24) is 20.8 Å². The van der Waals surface area contributed by atoms with Gasteiger partial charge < -0.3 is 19.9 Å². The Balaban J connectivity index is 1.79. The van der Waals surface area contributed by atoms with Crippen LogP contribution in [0.5, 0.6) is 5.75 Å². The monoisotopic (exact) mass is 317 g/mol. The number of hydrogen-bond acceptors (Lipinski definition) is 5. The van der Waals surface area contributed by atoms with Gasteiger partial charge in [0.15, 0.2) is 11.8 Å². The Morgan fingerprint density at radius 2 is 2.09 bits per heavy atom.